The lowest BCUT2D eigenvalue weighted by atomic mass is 10.1. The number of likely N-dealkylation sites (tertiary alicyclic amines) is 1. The van der Waals surface area contributed by atoms with Crippen LogP contribution in [0.15, 0.2) is 0 Å². The van der Waals surface area contributed by atoms with E-state index in [0.717, 1.165) is 12.8 Å². The van der Waals surface area contributed by atoms with Crippen molar-refractivity contribution in [3.8, 4) is 0 Å². The lowest BCUT2D eigenvalue weighted by Crippen LogP contribution is -2.40. The SMILES string of the molecule is COCCCN(C)C(=O)N1CCC(CC(=O)O)C1. The van der Waals surface area contributed by atoms with Gasteiger partial charge in [0, 0.05) is 46.8 Å². The van der Waals surface area contributed by atoms with Gasteiger partial charge in [0.1, 0.15) is 0 Å². The molecule has 0 spiro atoms. The minimum atomic E-state index is -0.789. The Hall–Kier alpha value is -1.30. The van der Waals surface area contributed by atoms with Crippen molar-refractivity contribution < 1.29 is 19.4 Å². The summed E-state index contributed by atoms with van der Waals surface area (Å²) < 4.78 is 4.94. The van der Waals surface area contributed by atoms with Gasteiger partial charge in [-0.15, -0.1) is 0 Å². The summed E-state index contributed by atoms with van der Waals surface area (Å²) in [4.78, 5) is 26.1. The maximum absolute atomic E-state index is 12.0. The van der Waals surface area contributed by atoms with Gasteiger partial charge in [0.25, 0.3) is 0 Å². The van der Waals surface area contributed by atoms with Crippen molar-refractivity contribution in [3.05, 3.63) is 0 Å². The molecule has 0 aromatic rings. The van der Waals surface area contributed by atoms with Crippen LogP contribution in [0, 0.1) is 5.92 Å². The average molecular weight is 258 g/mol. The van der Waals surface area contributed by atoms with Crippen LogP contribution in [0.2, 0.25) is 0 Å². The van der Waals surface area contributed by atoms with E-state index in [2.05, 4.69) is 0 Å². The first-order valence-electron chi connectivity index (χ1n) is 6.25. The smallest absolute Gasteiger partial charge is 0.319 e. The highest BCUT2D eigenvalue weighted by molar-refractivity contribution is 5.74. The minimum Gasteiger partial charge on any atom is -0.481 e. The number of carboxylic acid groups (broad SMARTS) is 1. The molecule has 1 rings (SSSR count). The highest BCUT2D eigenvalue weighted by Crippen LogP contribution is 2.20. The van der Waals surface area contributed by atoms with Crippen LogP contribution >= 0.6 is 0 Å². The van der Waals surface area contributed by atoms with Crippen LogP contribution < -0.4 is 0 Å². The molecule has 0 bridgehead atoms. The van der Waals surface area contributed by atoms with Crippen LogP contribution in [0.4, 0.5) is 4.79 Å². The van der Waals surface area contributed by atoms with Gasteiger partial charge in [-0.1, -0.05) is 0 Å². The Balaban J connectivity index is 2.32. The molecule has 1 saturated heterocycles. The molecule has 6 nitrogen and oxygen atoms in total. The first kappa shape index (κ1) is 14.8. The third-order valence-electron chi connectivity index (χ3n) is 3.19. The predicted octanol–water partition coefficient (Wildman–Crippen LogP) is 0.871. The number of methoxy groups -OCH3 is 1. The topological polar surface area (TPSA) is 70.1 Å². The number of hydrogen-bond acceptors (Lipinski definition) is 3. The molecule has 0 aromatic carbocycles. The minimum absolute atomic E-state index is 0.0148. The Morgan fingerprint density at radius 3 is 2.83 bits per heavy atom. The molecule has 0 saturated carbocycles. The maximum Gasteiger partial charge on any atom is 0.319 e. The fourth-order valence-electron chi connectivity index (χ4n) is 2.20. The van der Waals surface area contributed by atoms with Crippen LogP contribution in [0.3, 0.4) is 0 Å². The van der Waals surface area contributed by atoms with Gasteiger partial charge in [0.2, 0.25) is 0 Å². The van der Waals surface area contributed by atoms with Crippen molar-refractivity contribution >= 4 is 12.0 Å². The van der Waals surface area contributed by atoms with Crippen molar-refractivity contribution in [1.82, 2.24) is 9.80 Å². The largest absolute Gasteiger partial charge is 0.481 e. The number of nitrogens with zero attached hydrogens (tertiary/aromatic N) is 2. The molecule has 1 atom stereocenters. The van der Waals surface area contributed by atoms with E-state index < -0.39 is 5.97 Å². The van der Waals surface area contributed by atoms with E-state index in [1.165, 1.54) is 0 Å². The standard InChI is InChI=1S/C12H22N2O4/c1-13(5-3-7-18-2)12(17)14-6-4-10(9-14)8-11(15)16/h10H,3-9H2,1-2H3,(H,15,16). The van der Waals surface area contributed by atoms with Gasteiger partial charge < -0.3 is 19.6 Å². The van der Waals surface area contributed by atoms with Crippen LogP contribution in [-0.2, 0) is 9.53 Å². The second-order valence-corrected chi connectivity index (χ2v) is 4.75. The average Bonchev–Trinajstić information content (AvgIpc) is 2.75. The Morgan fingerprint density at radius 2 is 2.22 bits per heavy atom. The maximum atomic E-state index is 12.0. The number of urea groups is 1. The Bertz CT molecular complexity index is 296. The first-order chi connectivity index (χ1) is 8.54. The molecular formula is C12H22N2O4. The normalized spacial score (nSPS) is 19.0. The van der Waals surface area contributed by atoms with Crippen LogP contribution in [0.25, 0.3) is 0 Å². The van der Waals surface area contributed by atoms with E-state index in [0.29, 0.717) is 26.2 Å². The molecule has 1 aliphatic heterocycles. The Morgan fingerprint density at radius 1 is 1.50 bits per heavy atom. The van der Waals surface area contributed by atoms with Crippen LogP contribution in [0.1, 0.15) is 19.3 Å². The number of rotatable bonds is 6. The summed E-state index contributed by atoms with van der Waals surface area (Å²) in [6, 6.07) is -0.0148. The molecule has 6 heteroatoms. The number of hydrogen-bond donors (Lipinski definition) is 1. The van der Waals surface area contributed by atoms with Gasteiger partial charge in [0.15, 0.2) is 0 Å². The molecule has 0 radical (unpaired) electrons. The fraction of sp³-hybridized carbons (Fsp3) is 0.833. The zero-order valence-corrected chi connectivity index (χ0v) is 11.1. The van der Waals surface area contributed by atoms with Crippen molar-refractivity contribution in [2.75, 3.05) is 40.4 Å². The monoisotopic (exact) mass is 258 g/mol. The van der Waals surface area contributed by atoms with Crippen LogP contribution in [-0.4, -0.2) is 67.3 Å². The highest BCUT2D eigenvalue weighted by Gasteiger charge is 2.29. The quantitative estimate of drug-likeness (QED) is 0.718. The number of ether oxygens (including phenoxy) is 1. The number of carboxylic acids is 1. The molecule has 1 aliphatic rings. The van der Waals surface area contributed by atoms with Gasteiger partial charge in [-0.3, -0.25) is 4.79 Å². The summed E-state index contributed by atoms with van der Waals surface area (Å²) in [5, 5.41) is 8.72. The molecule has 18 heavy (non-hydrogen) atoms. The molecule has 1 heterocycles. The summed E-state index contributed by atoms with van der Waals surface area (Å²) in [5.41, 5.74) is 0. The van der Waals surface area contributed by atoms with E-state index in [1.807, 2.05) is 0 Å². The summed E-state index contributed by atoms with van der Waals surface area (Å²) in [6.07, 6.45) is 1.74. The molecule has 1 fully saturated rings. The van der Waals surface area contributed by atoms with E-state index in [9.17, 15) is 9.59 Å². The lowest BCUT2D eigenvalue weighted by molar-refractivity contribution is -0.138. The lowest BCUT2D eigenvalue weighted by Gasteiger charge is -2.24. The van der Waals surface area contributed by atoms with Gasteiger partial charge in [-0.2, -0.15) is 0 Å². The van der Waals surface area contributed by atoms with Crippen LogP contribution in [0.5, 0.6) is 0 Å². The molecule has 1 N–H and O–H groups in total. The van der Waals surface area contributed by atoms with E-state index >= 15 is 0 Å². The number of aliphatic carboxylic acids is 1. The van der Waals surface area contributed by atoms with Crippen molar-refractivity contribution in [2.24, 2.45) is 5.92 Å². The van der Waals surface area contributed by atoms with Gasteiger partial charge >= 0.3 is 12.0 Å². The fourth-order valence-corrected chi connectivity index (χ4v) is 2.20. The number of carbonyl (C=O) groups is 2. The second-order valence-electron chi connectivity index (χ2n) is 4.75. The zero-order chi connectivity index (χ0) is 13.5. The predicted molar refractivity (Wildman–Crippen MR) is 66.5 cm³/mol. The van der Waals surface area contributed by atoms with E-state index in [1.54, 1.807) is 24.0 Å². The summed E-state index contributed by atoms with van der Waals surface area (Å²) in [5.74, 6) is -0.693. The second kappa shape index (κ2) is 7.20. The number of amides is 2. The van der Waals surface area contributed by atoms with Crippen molar-refractivity contribution in [3.63, 3.8) is 0 Å². The van der Waals surface area contributed by atoms with E-state index in [-0.39, 0.29) is 18.4 Å². The Kier molecular flexibility index (Phi) is 5.91. The molecule has 0 aliphatic carbocycles. The van der Waals surface area contributed by atoms with Gasteiger partial charge in [-0.25, -0.2) is 4.79 Å². The summed E-state index contributed by atoms with van der Waals surface area (Å²) in [6.45, 7) is 2.51. The first-order valence-corrected chi connectivity index (χ1v) is 6.25. The molecular weight excluding hydrogens is 236 g/mol. The third kappa shape index (κ3) is 4.52. The molecule has 0 aromatic heterocycles. The molecule has 104 valence electrons. The highest BCUT2D eigenvalue weighted by atomic mass is 16.5. The van der Waals surface area contributed by atoms with E-state index in [4.69, 9.17) is 9.84 Å². The number of carbonyl (C=O) groups excluding carboxylic acids is 1. The molecule has 1 unspecified atom stereocenters. The van der Waals surface area contributed by atoms with Gasteiger partial charge in [0.05, 0.1) is 0 Å². The summed E-state index contributed by atoms with van der Waals surface area (Å²) in [7, 11) is 3.40. The van der Waals surface area contributed by atoms with Crippen molar-refractivity contribution in [1.29, 1.82) is 0 Å². The Labute approximate surface area is 107 Å². The van der Waals surface area contributed by atoms with Gasteiger partial charge in [-0.05, 0) is 18.8 Å². The summed E-state index contributed by atoms with van der Waals surface area (Å²) >= 11 is 0. The zero-order valence-electron chi connectivity index (χ0n) is 11.1. The third-order valence-corrected chi connectivity index (χ3v) is 3.19. The van der Waals surface area contributed by atoms with Crippen molar-refractivity contribution in [2.45, 2.75) is 19.3 Å². The molecule has 2 amide bonds.